The number of rotatable bonds is 6. The maximum atomic E-state index is 12.9. The number of amides is 2. The highest BCUT2D eigenvalue weighted by Gasteiger charge is 2.36. The SMILES string of the molecule is COc1cc(/C=C2/SC(=O)N(c3ccccc3)C2=O)cc(Br)c1OCc1cccc2ccccc12. The van der Waals surface area contributed by atoms with Crippen LogP contribution in [0.25, 0.3) is 16.8 Å². The van der Waals surface area contributed by atoms with Crippen molar-refractivity contribution in [2.24, 2.45) is 0 Å². The molecule has 0 N–H and O–H groups in total. The molecule has 0 aliphatic carbocycles. The smallest absolute Gasteiger partial charge is 0.298 e. The van der Waals surface area contributed by atoms with Gasteiger partial charge in [0.25, 0.3) is 11.1 Å². The van der Waals surface area contributed by atoms with Crippen molar-refractivity contribution >= 4 is 61.4 Å². The van der Waals surface area contributed by atoms with E-state index in [2.05, 4.69) is 34.1 Å². The Balaban J connectivity index is 1.40. The Kier molecular flexibility index (Phi) is 6.61. The van der Waals surface area contributed by atoms with E-state index in [1.165, 1.54) is 4.90 Å². The van der Waals surface area contributed by atoms with Crippen molar-refractivity contribution in [3.05, 3.63) is 105 Å². The first kappa shape index (κ1) is 23.2. The van der Waals surface area contributed by atoms with Crippen LogP contribution in [0.3, 0.4) is 0 Å². The standard InChI is InChI=1S/C28H20BrNO4S/c1-33-24-15-18(16-25-27(31)30(28(32)35-25)21-11-3-2-4-12-21)14-23(29)26(24)34-17-20-10-7-9-19-8-5-6-13-22(19)20/h2-16H,17H2,1H3/b25-16+. The third-order valence-electron chi connectivity index (χ3n) is 5.61. The van der Waals surface area contributed by atoms with Gasteiger partial charge >= 0.3 is 0 Å². The van der Waals surface area contributed by atoms with Crippen molar-refractivity contribution in [2.75, 3.05) is 12.0 Å². The molecule has 0 aromatic heterocycles. The molecule has 0 saturated carbocycles. The van der Waals surface area contributed by atoms with E-state index in [9.17, 15) is 9.59 Å². The molecular weight excluding hydrogens is 526 g/mol. The quantitative estimate of drug-likeness (QED) is 0.236. The Hall–Kier alpha value is -3.55. The molecule has 0 atom stereocenters. The van der Waals surface area contributed by atoms with Crippen LogP contribution >= 0.6 is 27.7 Å². The van der Waals surface area contributed by atoms with Crippen LogP contribution in [0.2, 0.25) is 0 Å². The van der Waals surface area contributed by atoms with E-state index in [1.807, 2.05) is 36.4 Å². The molecule has 7 heteroatoms. The Labute approximate surface area is 215 Å². The molecule has 0 unspecified atom stereocenters. The summed E-state index contributed by atoms with van der Waals surface area (Å²) in [5.41, 5.74) is 2.33. The number of anilines is 1. The Morgan fingerprint density at radius 3 is 2.49 bits per heavy atom. The van der Waals surface area contributed by atoms with E-state index in [0.29, 0.717) is 38.7 Å². The Morgan fingerprint density at radius 2 is 1.69 bits per heavy atom. The summed E-state index contributed by atoms with van der Waals surface area (Å²) in [6.45, 7) is 0.367. The van der Waals surface area contributed by atoms with Gasteiger partial charge in [-0.3, -0.25) is 9.59 Å². The third-order valence-corrected chi connectivity index (χ3v) is 7.07. The van der Waals surface area contributed by atoms with Crippen molar-refractivity contribution in [3.63, 3.8) is 0 Å². The second kappa shape index (κ2) is 9.98. The highest BCUT2D eigenvalue weighted by Crippen LogP contribution is 2.40. The van der Waals surface area contributed by atoms with Gasteiger partial charge in [0.05, 0.1) is 22.2 Å². The number of para-hydroxylation sites is 1. The van der Waals surface area contributed by atoms with Crippen LogP contribution in [0.1, 0.15) is 11.1 Å². The molecule has 1 fully saturated rings. The molecule has 2 amide bonds. The fourth-order valence-corrected chi connectivity index (χ4v) is 5.37. The van der Waals surface area contributed by atoms with Crippen LogP contribution in [0.15, 0.2) is 94.3 Å². The summed E-state index contributed by atoms with van der Waals surface area (Å²) in [6, 6.07) is 26.8. The van der Waals surface area contributed by atoms with E-state index in [-0.39, 0.29) is 11.1 Å². The van der Waals surface area contributed by atoms with Crippen molar-refractivity contribution < 1.29 is 19.1 Å². The normalized spacial score (nSPS) is 14.7. The summed E-state index contributed by atoms with van der Waals surface area (Å²) in [5, 5.41) is 1.96. The molecule has 1 heterocycles. The number of carbonyl (C=O) groups is 2. The van der Waals surface area contributed by atoms with E-state index < -0.39 is 0 Å². The second-order valence-corrected chi connectivity index (χ2v) is 9.66. The number of methoxy groups -OCH3 is 1. The van der Waals surface area contributed by atoms with Gasteiger partial charge in [0.1, 0.15) is 6.61 Å². The number of carbonyl (C=O) groups excluding carboxylic acids is 2. The van der Waals surface area contributed by atoms with Gasteiger partial charge in [-0.2, -0.15) is 0 Å². The number of nitrogens with zero attached hydrogens (tertiary/aromatic N) is 1. The van der Waals surface area contributed by atoms with Gasteiger partial charge in [-0.1, -0.05) is 60.7 Å². The minimum absolute atomic E-state index is 0.325. The molecule has 4 aromatic rings. The number of fused-ring (bicyclic) bond motifs is 1. The van der Waals surface area contributed by atoms with E-state index in [4.69, 9.17) is 9.47 Å². The molecule has 0 spiro atoms. The monoisotopic (exact) mass is 545 g/mol. The zero-order chi connectivity index (χ0) is 24.4. The first-order chi connectivity index (χ1) is 17.0. The number of hydrogen-bond donors (Lipinski definition) is 0. The molecule has 35 heavy (non-hydrogen) atoms. The lowest BCUT2D eigenvalue weighted by molar-refractivity contribution is -0.113. The van der Waals surface area contributed by atoms with Crippen LogP contribution < -0.4 is 14.4 Å². The average molecular weight is 546 g/mol. The lowest BCUT2D eigenvalue weighted by atomic mass is 10.1. The van der Waals surface area contributed by atoms with Crippen LogP contribution in [0, 0.1) is 0 Å². The number of benzene rings is 4. The van der Waals surface area contributed by atoms with Gasteiger partial charge in [-0.25, -0.2) is 4.90 Å². The van der Waals surface area contributed by atoms with Gasteiger partial charge in [0.15, 0.2) is 11.5 Å². The molecule has 1 aliphatic heterocycles. The maximum Gasteiger partial charge on any atom is 0.298 e. The van der Waals surface area contributed by atoms with Gasteiger partial charge in [-0.05, 0) is 79.9 Å². The summed E-state index contributed by atoms with van der Waals surface area (Å²) >= 11 is 4.50. The fraction of sp³-hybridized carbons (Fsp3) is 0.0714. The minimum Gasteiger partial charge on any atom is -0.493 e. The summed E-state index contributed by atoms with van der Waals surface area (Å²) < 4.78 is 12.4. The first-order valence-electron chi connectivity index (χ1n) is 10.8. The maximum absolute atomic E-state index is 12.9. The Bertz CT molecular complexity index is 1460. The predicted molar refractivity (Wildman–Crippen MR) is 144 cm³/mol. The summed E-state index contributed by atoms with van der Waals surface area (Å²) in [7, 11) is 1.57. The molecule has 4 aromatic carbocycles. The van der Waals surface area contributed by atoms with E-state index in [1.54, 1.807) is 43.5 Å². The zero-order valence-corrected chi connectivity index (χ0v) is 21.1. The second-order valence-electron chi connectivity index (χ2n) is 7.81. The van der Waals surface area contributed by atoms with Crippen LogP contribution in [0.4, 0.5) is 10.5 Å². The van der Waals surface area contributed by atoms with Crippen LogP contribution in [0.5, 0.6) is 11.5 Å². The van der Waals surface area contributed by atoms with Crippen molar-refractivity contribution in [1.29, 1.82) is 0 Å². The first-order valence-corrected chi connectivity index (χ1v) is 12.5. The van der Waals surface area contributed by atoms with Crippen molar-refractivity contribution in [2.45, 2.75) is 6.61 Å². The minimum atomic E-state index is -0.349. The van der Waals surface area contributed by atoms with E-state index >= 15 is 0 Å². The largest absolute Gasteiger partial charge is 0.493 e. The Morgan fingerprint density at radius 1 is 0.943 bits per heavy atom. The molecular formula is C28H20BrNO4S. The third kappa shape index (κ3) is 4.70. The number of imide groups is 1. The number of thioether (sulfide) groups is 1. The van der Waals surface area contributed by atoms with Gasteiger partial charge in [0, 0.05) is 0 Å². The molecule has 1 saturated heterocycles. The predicted octanol–water partition coefficient (Wildman–Crippen LogP) is 7.43. The topological polar surface area (TPSA) is 55.8 Å². The molecule has 0 radical (unpaired) electrons. The zero-order valence-electron chi connectivity index (χ0n) is 18.7. The average Bonchev–Trinajstić information content (AvgIpc) is 3.15. The number of halogens is 1. The van der Waals surface area contributed by atoms with Gasteiger partial charge < -0.3 is 9.47 Å². The van der Waals surface area contributed by atoms with Gasteiger partial charge in [-0.15, -0.1) is 0 Å². The summed E-state index contributed by atoms with van der Waals surface area (Å²) in [5.74, 6) is 0.737. The van der Waals surface area contributed by atoms with Gasteiger partial charge in [0.2, 0.25) is 0 Å². The molecule has 5 rings (SSSR count). The lowest BCUT2D eigenvalue weighted by Gasteiger charge is -2.15. The summed E-state index contributed by atoms with van der Waals surface area (Å²) in [4.78, 5) is 27.0. The molecule has 5 nitrogen and oxygen atoms in total. The van der Waals surface area contributed by atoms with Crippen LogP contribution in [-0.2, 0) is 11.4 Å². The van der Waals surface area contributed by atoms with E-state index in [0.717, 1.165) is 28.1 Å². The van der Waals surface area contributed by atoms with Crippen molar-refractivity contribution in [3.8, 4) is 11.5 Å². The lowest BCUT2D eigenvalue weighted by Crippen LogP contribution is -2.27. The fourth-order valence-electron chi connectivity index (χ4n) is 3.95. The molecule has 0 bridgehead atoms. The highest BCUT2D eigenvalue weighted by molar-refractivity contribution is 9.10. The molecule has 174 valence electrons. The highest BCUT2D eigenvalue weighted by atomic mass is 79.9. The number of ether oxygens (including phenoxy) is 2. The molecule has 1 aliphatic rings. The summed E-state index contributed by atoms with van der Waals surface area (Å²) in [6.07, 6.45) is 1.69. The van der Waals surface area contributed by atoms with Crippen molar-refractivity contribution in [1.82, 2.24) is 0 Å². The van der Waals surface area contributed by atoms with Crippen LogP contribution in [-0.4, -0.2) is 18.3 Å². The number of hydrogen-bond acceptors (Lipinski definition) is 5.